The maximum absolute atomic E-state index is 9.79. The summed E-state index contributed by atoms with van der Waals surface area (Å²) < 4.78 is 0. The Morgan fingerprint density at radius 3 is 2.91 bits per heavy atom. The van der Waals surface area contributed by atoms with Gasteiger partial charge in [-0.2, -0.15) is 4.99 Å². The van der Waals surface area contributed by atoms with E-state index >= 15 is 0 Å². The zero-order valence-electron chi connectivity index (χ0n) is 5.41. The monoisotopic (exact) mass is 169 g/mol. The maximum atomic E-state index is 9.79. The molecule has 11 heavy (non-hydrogen) atoms. The van der Waals surface area contributed by atoms with Crippen molar-refractivity contribution in [2.24, 2.45) is 4.99 Å². The second kappa shape index (κ2) is 3.19. The molecule has 0 radical (unpaired) electrons. The summed E-state index contributed by atoms with van der Waals surface area (Å²) in [5.41, 5.74) is 0.132. The first-order valence-corrected chi connectivity index (χ1v) is 3.18. The third-order valence-corrected chi connectivity index (χ3v) is 1.34. The summed E-state index contributed by atoms with van der Waals surface area (Å²) in [5, 5.41) is 9.45. The minimum atomic E-state index is -0.0854. The lowest BCUT2D eigenvalue weighted by Gasteiger charge is -1.95. The largest absolute Gasteiger partial charge is 0.506 e. The number of phenols is 1. The van der Waals surface area contributed by atoms with Gasteiger partial charge in [0.1, 0.15) is 11.4 Å². The Bertz CT molecular complexity index is 318. The van der Waals surface area contributed by atoms with Crippen LogP contribution in [0.15, 0.2) is 23.2 Å². The minimum Gasteiger partial charge on any atom is -0.506 e. The molecule has 0 aromatic heterocycles. The van der Waals surface area contributed by atoms with Gasteiger partial charge in [-0.05, 0) is 18.2 Å². The average molecular weight is 170 g/mol. The van der Waals surface area contributed by atoms with Crippen molar-refractivity contribution in [3.05, 3.63) is 23.2 Å². The molecule has 56 valence electrons. The zero-order valence-corrected chi connectivity index (χ0v) is 6.17. The van der Waals surface area contributed by atoms with Crippen LogP contribution >= 0.6 is 11.6 Å². The number of isocyanates is 1. The highest BCUT2D eigenvalue weighted by atomic mass is 35.5. The van der Waals surface area contributed by atoms with Gasteiger partial charge in [-0.3, -0.25) is 0 Å². The van der Waals surface area contributed by atoms with Crippen molar-refractivity contribution in [3.63, 3.8) is 0 Å². The fraction of sp³-hybridized carbons (Fsp3) is 0. The molecule has 0 saturated heterocycles. The van der Waals surface area contributed by atoms with E-state index in [-0.39, 0.29) is 11.4 Å². The topological polar surface area (TPSA) is 49.7 Å². The number of hydrogen-bond donors (Lipinski definition) is 1. The summed E-state index contributed by atoms with van der Waals surface area (Å²) in [5.74, 6) is -0.0854. The molecular weight excluding hydrogens is 166 g/mol. The van der Waals surface area contributed by atoms with E-state index in [0.717, 1.165) is 0 Å². The van der Waals surface area contributed by atoms with Crippen LogP contribution in [-0.4, -0.2) is 11.2 Å². The molecule has 0 bridgehead atoms. The second-order valence-electron chi connectivity index (χ2n) is 1.84. The van der Waals surface area contributed by atoms with E-state index in [1.807, 2.05) is 0 Å². The lowest BCUT2D eigenvalue weighted by molar-refractivity contribution is 0.476. The van der Waals surface area contributed by atoms with Crippen LogP contribution in [0.3, 0.4) is 0 Å². The summed E-state index contributed by atoms with van der Waals surface area (Å²) in [6.45, 7) is 0. The minimum absolute atomic E-state index is 0.0854. The Morgan fingerprint density at radius 2 is 2.27 bits per heavy atom. The second-order valence-corrected chi connectivity index (χ2v) is 2.27. The van der Waals surface area contributed by atoms with E-state index in [4.69, 9.17) is 16.7 Å². The molecule has 0 aliphatic carbocycles. The number of carbonyl (C=O) groups excluding carboxylic acids is 1. The SMILES string of the molecule is O=C=Nc1cc(Cl)ccc1O. The van der Waals surface area contributed by atoms with Crippen LogP contribution in [-0.2, 0) is 4.79 Å². The fourth-order valence-electron chi connectivity index (χ4n) is 0.635. The smallest absolute Gasteiger partial charge is 0.240 e. The maximum Gasteiger partial charge on any atom is 0.240 e. The number of benzene rings is 1. The van der Waals surface area contributed by atoms with E-state index in [0.29, 0.717) is 5.02 Å². The molecule has 0 unspecified atom stereocenters. The summed E-state index contributed by atoms with van der Waals surface area (Å²) in [4.78, 5) is 13.0. The third kappa shape index (κ3) is 1.80. The summed E-state index contributed by atoms with van der Waals surface area (Å²) in [6.07, 6.45) is 1.31. The molecule has 1 rings (SSSR count). The van der Waals surface area contributed by atoms with Crippen LogP contribution in [0, 0.1) is 0 Å². The van der Waals surface area contributed by atoms with Gasteiger partial charge in [0, 0.05) is 5.02 Å². The van der Waals surface area contributed by atoms with Crippen molar-refractivity contribution in [3.8, 4) is 5.75 Å². The summed E-state index contributed by atoms with van der Waals surface area (Å²) in [7, 11) is 0. The number of hydrogen-bond acceptors (Lipinski definition) is 3. The first-order chi connectivity index (χ1) is 5.24. The van der Waals surface area contributed by atoms with Crippen LogP contribution in [0.1, 0.15) is 0 Å². The van der Waals surface area contributed by atoms with Crippen molar-refractivity contribution >= 4 is 23.4 Å². The molecule has 3 nitrogen and oxygen atoms in total. The number of aromatic hydroxyl groups is 1. The van der Waals surface area contributed by atoms with Gasteiger partial charge >= 0.3 is 0 Å². The molecule has 0 heterocycles. The molecular formula is C7H4ClNO2. The third-order valence-electron chi connectivity index (χ3n) is 1.10. The number of halogens is 1. The Morgan fingerprint density at radius 1 is 1.55 bits per heavy atom. The average Bonchev–Trinajstić information content (AvgIpc) is 1.98. The number of nitrogens with zero attached hydrogens (tertiary/aromatic N) is 1. The van der Waals surface area contributed by atoms with Crippen LogP contribution in [0.25, 0.3) is 0 Å². The van der Waals surface area contributed by atoms with Crippen LogP contribution in [0.5, 0.6) is 5.75 Å². The molecule has 1 aromatic rings. The van der Waals surface area contributed by atoms with Gasteiger partial charge in [-0.15, -0.1) is 0 Å². The highest BCUT2D eigenvalue weighted by Crippen LogP contribution is 2.28. The van der Waals surface area contributed by atoms with E-state index in [1.54, 1.807) is 0 Å². The van der Waals surface area contributed by atoms with E-state index in [1.165, 1.54) is 24.3 Å². The number of aliphatic imine (C=N–C) groups is 1. The van der Waals surface area contributed by atoms with Crippen molar-refractivity contribution in [1.29, 1.82) is 0 Å². The van der Waals surface area contributed by atoms with Crippen LogP contribution in [0.4, 0.5) is 5.69 Å². The molecule has 0 fully saturated rings. The highest BCUT2D eigenvalue weighted by Gasteiger charge is 1.98. The first-order valence-electron chi connectivity index (χ1n) is 2.80. The Labute approximate surface area is 68.0 Å². The van der Waals surface area contributed by atoms with Gasteiger partial charge in [0.2, 0.25) is 6.08 Å². The van der Waals surface area contributed by atoms with E-state index < -0.39 is 0 Å². The summed E-state index contributed by atoms with van der Waals surface area (Å²) >= 11 is 5.55. The lowest BCUT2D eigenvalue weighted by atomic mass is 10.3. The van der Waals surface area contributed by atoms with Crippen molar-refractivity contribution in [2.45, 2.75) is 0 Å². The van der Waals surface area contributed by atoms with Crippen molar-refractivity contribution in [1.82, 2.24) is 0 Å². The molecule has 0 amide bonds. The zero-order chi connectivity index (χ0) is 8.27. The predicted molar refractivity (Wildman–Crippen MR) is 40.9 cm³/mol. The van der Waals surface area contributed by atoms with E-state index in [9.17, 15) is 4.79 Å². The van der Waals surface area contributed by atoms with Crippen LogP contribution < -0.4 is 0 Å². The predicted octanol–water partition coefficient (Wildman–Crippen LogP) is 2.01. The molecule has 1 N–H and O–H groups in total. The summed E-state index contributed by atoms with van der Waals surface area (Å²) in [6, 6.07) is 4.24. The van der Waals surface area contributed by atoms with Gasteiger partial charge in [0.25, 0.3) is 0 Å². The molecule has 1 aromatic carbocycles. The molecule has 0 aliphatic heterocycles. The van der Waals surface area contributed by atoms with Gasteiger partial charge in [0.05, 0.1) is 0 Å². The Hall–Kier alpha value is -1.31. The van der Waals surface area contributed by atoms with Gasteiger partial charge in [-0.25, -0.2) is 4.79 Å². The van der Waals surface area contributed by atoms with Gasteiger partial charge in [-0.1, -0.05) is 11.6 Å². The van der Waals surface area contributed by atoms with Gasteiger partial charge < -0.3 is 5.11 Å². The first kappa shape index (κ1) is 7.79. The molecule has 4 heteroatoms. The number of phenolic OH excluding ortho intramolecular Hbond substituents is 1. The van der Waals surface area contributed by atoms with Gasteiger partial charge in [0.15, 0.2) is 0 Å². The molecule has 0 saturated carbocycles. The molecule has 0 aliphatic rings. The Balaban J connectivity index is 3.22. The Kier molecular flexibility index (Phi) is 2.26. The van der Waals surface area contributed by atoms with Crippen LogP contribution in [0.2, 0.25) is 5.02 Å². The number of rotatable bonds is 1. The molecule has 0 spiro atoms. The fourth-order valence-corrected chi connectivity index (χ4v) is 0.802. The van der Waals surface area contributed by atoms with Crippen molar-refractivity contribution in [2.75, 3.05) is 0 Å². The quantitative estimate of drug-likeness (QED) is 0.517. The van der Waals surface area contributed by atoms with Crippen molar-refractivity contribution < 1.29 is 9.90 Å². The van der Waals surface area contributed by atoms with E-state index in [2.05, 4.69) is 4.99 Å². The molecule has 0 atom stereocenters. The standard InChI is InChI=1S/C7H4ClNO2/c8-5-1-2-7(11)6(3-5)9-4-10/h1-3,11H. The lowest BCUT2D eigenvalue weighted by Crippen LogP contribution is -1.68. The highest BCUT2D eigenvalue weighted by molar-refractivity contribution is 6.30. The normalized spacial score (nSPS) is 8.82.